The van der Waals surface area contributed by atoms with Gasteiger partial charge in [-0.2, -0.15) is 0 Å². The van der Waals surface area contributed by atoms with Crippen molar-refractivity contribution in [2.24, 2.45) is 0 Å². The van der Waals surface area contributed by atoms with Crippen LogP contribution >= 0.6 is 24.8 Å². The lowest BCUT2D eigenvalue weighted by Crippen LogP contribution is -2.41. The molecule has 0 aromatic heterocycles. The van der Waals surface area contributed by atoms with Crippen LogP contribution in [0.15, 0.2) is 0 Å². The van der Waals surface area contributed by atoms with Crippen molar-refractivity contribution in [3.63, 3.8) is 0 Å². The van der Waals surface area contributed by atoms with Gasteiger partial charge in [-0.15, -0.1) is 24.8 Å². The van der Waals surface area contributed by atoms with Gasteiger partial charge < -0.3 is 10.2 Å². The number of piperidine rings is 1. The lowest BCUT2D eigenvalue weighted by Gasteiger charge is -2.31. The summed E-state index contributed by atoms with van der Waals surface area (Å²) in [5.74, 6) is 0. The van der Waals surface area contributed by atoms with Crippen molar-refractivity contribution in [3.05, 3.63) is 0 Å². The van der Waals surface area contributed by atoms with Crippen LogP contribution in [0.2, 0.25) is 0 Å². The summed E-state index contributed by atoms with van der Waals surface area (Å²) in [6.45, 7) is 6.12. The molecule has 0 bridgehead atoms. The molecule has 0 aliphatic carbocycles. The maximum atomic E-state index is 3.34. The molecule has 0 aromatic rings. The van der Waals surface area contributed by atoms with Gasteiger partial charge in [0.05, 0.1) is 0 Å². The third-order valence-electron chi connectivity index (χ3n) is 2.54. The van der Waals surface area contributed by atoms with Crippen molar-refractivity contribution in [1.82, 2.24) is 10.2 Å². The van der Waals surface area contributed by atoms with Crippen LogP contribution in [-0.4, -0.2) is 37.6 Å². The monoisotopic (exact) mass is 228 g/mol. The van der Waals surface area contributed by atoms with Crippen molar-refractivity contribution in [2.45, 2.75) is 32.2 Å². The molecule has 82 valence electrons. The highest BCUT2D eigenvalue weighted by molar-refractivity contribution is 5.85. The lowest BCUT2D eigenvalue weighted by molar-refractivity contribution is 0.202. The summed E-state index contributed by atoms with van der Waals surface area (Å²) < 4.78 is 0. The first kappa shape index (κ1) is 15.9. The van der Waals surface area contributed by atoms with E-state index >= 15 is 0 Å². The van der Waals surface area contributed by atoms with Crippen LogP contribution in [0.25, 0.3) is 0 Å². The van der Waals surface area contributed by atoms with Crippen LogP contribution in [0.5, 0.6) is 0 Å². The van der Waals surface area contributed by atoms with Crippen LogP contribution in [0.1, 0.15) is 26.2 Å². The maximum Gasteiger partial charge on any atom is 0.00884 e. The number of hydrogen-bond donors (Lipinski definition) is 1. The van der Waals surface area contributed by atoms with Crippen LogP contribution in [0.4, 0.5) is 0 Å². The number of hydrogen-bond acceptors (Lipinski definition) is 2. The summed E-state index contributed by atoms with van der Waals surface area (Å²) in [6, 6.07) is 0.781. The minimum Gasteiger partial charge on any atom is -0.317 e. The van der Waals surface area contributed by atoms with Crippen LogP contribution in [0, 0.1) is 0 Å². The van der Waals surface area contributed by atoms with E-state index in [9.17, 15) is 0 Å². The standard InChI is InChI=1S/C9H20N2.2ClH/c1-3-6-11-7-4-9(10-2)5-8-11;;/h9-10H,3-8H2,1-2H3;2*1H. The molecular weight excluding hydrogens is 207 g/mol. The summed E-state index contributed by atoms with van der Waals surface area (Å²) >= 11 is 0. The Labute approximate surface area is 94.3 Å². The fourth-order valence-electron chi connectivity index (χ4n) is 1.76. The molecule has 0 saturated carbocycles. The Morgan fingerprint density at radius 2 is 1.77 bits per heavy atom. The molecule has 1 fully saturated rings. The quantitative estimate of drug-likeness (QED) is 0.795. The van der Waals surface area contributed by atoms with Gasteiger partial charge in [0.2, 0.25) is 0 Å². The predicted octanol–water partition coefficient (Wildman–Crippen LogP) is 1.92. The molecule has 1 aliphatic rings. The Balaban J connectivity index is 0. The van der Waals surface area contributed by atoms with Gasteiger partial charge in [-0.05, 0) is 45.9 Å². The summed E-state index contributed by atoms with van der Waals surface area (Å²) in [7, 11) is 2.07. The number of nitrogens with zero attached hydrogens (tertiary/aromatic N) is 1. The van der Waals surface area contributed by atoms with Gasteiger partial charge in [0, 0.05) is 6.04 Å². The van der Waals surface area contributed by atoms with Crippen molar-refractivity contribution < 1.29 is 0 Å². The van der Waals surface area contributed by atoms with E-state index in [-0.39, 0.29) is 24.8 Å². The van der Waals surface area contributed by atoms with E-state index in [1.54, 1.807) is 0 Å². The molecule has 0 aromatic carbocycles. The Bertz CT molecular complexity index is 104. The molecule has 0 radical (unpaired) electrons. The maximum absolute atomic E-state index is 3.34. The first-order chi connectivity index (χ1) is 5.36. The first-order valence-electron chi connectivity index (χ1n) is 4.76. The molecule has 1 aliphatic heterocycles. The Kier molecular flexibility index (Phi) is 11.1. The minimum absolute atomic E-state index is 0. The van der Waals surface area contributed by atoms with Gasteiger partial charge in [0.15, 0.2) is 0 Å². The van der Waals surface area contributed by atoms with Crippen LogP contribution < -0.4 is 5.32 Å². The average Bonchev–Trinajstić information content (AvgIpc) is 2.07. The molecule has 13 heavy (non-hydrogen) atoms. The van der Waals surface area contributed by atoms with Gasteiger partial charge in [0.25, 0.3) is 0 Å². The van der Waals surface area contributed by atoms with E-state index in [1.165, 1.54) is 38.9 Å². The molecule has 0 amide bonds. The molecule has 0 atom stereocenters. The summed E-state index contributed by atoms with van der Waals surface area (Å²) in [5, 5.41) is 3.34. The summed E-state index contributed by atoms with van der Waals surface area (Å²) in [5.41, 5.74) is 0. The smallest absolute Gasteiger partial charge is 0.00884 e. The lowest BCUT2D eigenvalue weighted by atomic mass is 10.1. The molecule has 2 nitrogen and oxygen atoms in total. The first-order valence-corrected chi connectivity index (χ1v) is 4.76. The number of halogens is 2. The molecule has 0 unspecified atom stereocenters. The van der Waals surface area contributed by atoms with Gasteiger partial charge in [-0.1, -0.05) is 6.92 Å². The fraction of sp³-hybridized carbons (Fsp3) is 1.00. The SMILES string of the molecule is CCCN1CCC(NC)CC1.Cl.Cl. The topological polar surface area (TPSA) is 15.3 Å². The summed E-state index contributed by atoms with van der Waals surface area (Å²) in [6.07, 6.45) is 3.96. The van der Waals surface area contributed by atoms with E-state index < -0.39 is 0 Å². The van der Waals surface area contributed by atoms with E-state index in [0.29, 0.717) is 0 Å². The molecule has 4 heteroatoms. The Morgan fingerprint density at radius 1 is 1.23 bits per heavy atom. The van der Waals surface area contributed by atoms with Crippen molar-refractivity contribution in [3.8, 4) is 0 Å². The van der Waals surface area contributed by atoms with Crippen molar-refractivity contribution >= 4 is 24.8 Å². The third kappa shape index (κ3) is 5.74. The zero-order valence-corrected chi connectivity index (χ0v) is 10.2. The highest BCUT2D eigenvalue weighted by atomic mass is 35.5. The van der Waals surface area contributed by atoms with Gasteiger partial charge in [-0.3, -0.25) is 0 Å². The predicted molar refractivity (Wildman–Crippen MR) is 63.3 cm³/mol. The molecule has 1 heterocycles. The second-order valence-corrected chi connectivity index (χ2v) is 3.40. The molecule has 1 saturated heterocycles. The van der Waals surface area contributed by atoms with Gasteiger partial charge >= 0.3 is 0 Å². The third-order valence-corrected chi connectivity index (χ3v) is 2.54. The van der Waals surface area contributed by atoms with Crippen LogP contribution in [0.3, 0.4) is 0 Å². The highest BCUT2D eigenvalue weighted by Gasteiger charge is 2.15. The molecule has 0 spiro atoms. The van der Waals surface area contributed by atoms with Gasteiger partial charge in [0.1, 0.15) is 0 Å². The molecule has 1 rings (SSSR count). The highest BCUT2D eigenvalue weighted by Crippen LogP contribution is 2.09. The molecule has 1 N–H and O–H groups in total. The van der Waals surface area contributed by atoms with E-state index in [1.807, 2.05) is 0 Å². The average molecular weight is 229 g/mol. The second kappa shape index (κ2) is 9.07. The van der Waals surface area contributed by atoms with Crippen LogP contribution in [-0.2, 0) is 0 Å². The second-order valence-electron chi connectivity index (χ2n) is 3.40. The van der Waals surface area contributed by atoms with Gasteiger partial charge in [-0.25, -0.2) is 0 Å². The Morgan fingerprint density at radius 3 is 2.15 bits per heavy atom. The largest absolute Gasteiger partial charge is 0.317 e. The Hall–Kier alpha value is 0.500. The van der Waals surface area contributed by atoms with E-state index in [2.05, 4.69) is 24.2 Å². The normalized spacial score (nSPS) is 18.9. The molecular formula is C9H22Cl2N2. The van der Waals surface area contributed by atoms with Crippen molar-refractivity contribution in [2.75, 3.05) is 26.7 Å². The van der Waals surface area contributed by atoms with Crippen molar-refractivity contribution in [1.29, 1.82) is 0 Å². The van der Waals surface area contributed by atoms with E-state index in [4.69, 9.17) is 0 Å². The number of nitrogens with one attached hydrogen (secondary N) is 1. The zero-order valence-electron chi connectivity index (χ0n) is 8.58. The fourth-order valence-corrected chi connectivity index (χ4v) is 1.76. The number of rotatable bonds is 3. The zero-order chi connectivity index (χ0) is 8.10. The van der Waals surface area contributed by atoms with E-state index in [0.717, 1.165) is 6.04 Å². The summed E-state index contributed by atoms with van der Waals surface area (Å²) in [4.78, 5) is 2.56. The number of likely N-dealkylation sites (tertiary alicyclic amines) is 1. The minimum atomic E-state index is 0.